The number of hydrogen-bond acceptors (Lipinski definition) is 1. The van der Waals surface area contributed by atoms with Crippen LogP contribution in [-0.2, 0) is 6.61 Å². The third-order valence-electron chi connectivity index (χ3n) is 1.48. The Balaban J connectivity index is 3.09. The van der Waals surface area contributed by atoms with Gasteiger partial charge >= 0.3 is 0 Å². The predicted molar refractivity (Wildman–Crippen MR) is 42.4 cm³/mol. The highest BCUT2D eigenvalue weighted by atomic mass is 19.1. The van der Waals surface area contributed by atoms with Gasteiger partial charge in [-0.3, -0.25) is 0 Å². The Morgan fingerprint density at radius 1 is 1.55 bits per heavy atom. The molecule has 1 aromatic carbocycles. The van der Waals surface area contributed by atoms with Crippen LogP contribution in [0.1, 0.15) is 11.1 Å². The molecule has 1 N–H and O–H groups in total. The van der Waals surface area contributed by atoms with Gasteiger partial charge in [-0.2, -0.15) is 0 Å². The molecule has 58 valence electrons. The summed E-state index contributed by atoms with van der Waals surface area (Å²) in [7, 11) is 0. The highest BCUT2D eigenvalue weighted by Crippen LogP contribution is 2.10. The zero-order valence-corrected chi connectivity index (χ0v) is 6.05. The maximum absolute atomic E-state index is 12.8. The molecule has 0 amide bonds. The zero-order chi connectivity index (χ0) is 8.27. The first-order valence-corrected chi connectivity index (χ1v) is 3.29. The van der Waals surface area contributed by atoms with E-state index in [0.29, 0.717) is 5.56 Å². The number of benzene rings is 1. The summed E-state index contributed by atoms with van der Waals surface area (Å²) >= 11 is 0. The molecule has 0 saturated heterocycles. The lowest BCUT2D eigenvalue weighted by Crippen LogP contribution is -1.89. The third-order valence-corrected chi connectivity index (χ3v) is 1.48. The number of aliphatic hydroxyl groups is 1. The molecule has 0 unspecified atom stereocenters. The fourth-order valence-corrected chi connectivity index (χ4v) is 0.819. The van der Waals surface area contributed by atoms with Gasteiger partial charge in [-0.05, 0) is 11.6 Å². The summed E-state index contributed by atoms with van der Waals surface area (Å²) < 4.78 is 12.8. The highest BCUT2D eigenvalue weighted by molar-refractivity contribution is 5.47. The van der Waals surface area contributed by atoms with Gasteiger partial charge in [0.05, 0.1) is 6.61 Å². The van der Waals surface area contributed by atoms with Crippen molar-refractivity contribution < 1.29 is 9.50 Å². The van der Waals surface area contributed by atoms with E-state index in [0.717, 1.165) is 5.56 Å². The van der Waals surface area contributed by atoms with Gasteiger partial charge in [-0.1, -0.05) is 24.8 Å². The Morgan fingerprint density at radius 3 is 2.73 bits per heavy atom. The molecule has 0 aliphatic rings. The van der Waals surface area contributed by atoms with Crippen LogP contribution in [-0.4, -0.2) is 5.11 Å². The van der Waals surface area contributed by atoms with Crippen molar-refractivity contribution >= 4 is 6.08 Å². The van der Waals surface area contributed by atoms with Crippen LogP contribution in [0.2, 0.25) is 0 Å². The van der Waals surface area contributed by atoms with E-state index in [1.54, 1.807) is 18.2 Å². The Bertz CT molecular complexity index is 268. The number of rotatable bonds is 2. The first-order chi connectivity index (χ1) is 5.27. The summed E-state index contributed by atoms with van der Waals surface area (Å²) in [5.74, 6) is -0.384. The van der Waals surface area contributed by atoms with Gasteiger partial charge in [0, 0.05) is 5.56 Å². The standard InChI is InChI=1S/C9H9FO/c1-2-7-3-4-8(6-11)9(10)5-7/h2-5,11H,1,6H2. The molecule has 2 heteroatoms. The van der Waals surface area contributed by atoms with Crippen molar-refractivity contribution in [1.29, 1.82) is 0 Å². The SMILES string of the molecule is C=Cc1ccc(CO)c(F)c1. The summed E-state index contributed by atoms with van der Waals surface area (Å²) in [6, 6.07) is 4.60. The molecule has 0 aromatic heterocycles. The minimum Gasteiger partial charge on any atom is -0.392 e. The Labute approximate surface area is 64.8 Å². The monoisotopic (exact) mass is 152 g/mol. The smallest absolute Gasteiger partial charge is 0.129 e. The second-order valence-corrected chi connectivity index (χ2v) is 2.21. The van der Waals surface area contributed by atoms with Crippen molar-refractivity contribution in [2.75, 3.05) is 0 Å². The minimum absolute atomic E-state index is 0.261. The number of halogens is 1. The van der Waals surface area contributed by atoms with Crippen LogP contribution in [0.5, 0.6) is 0 Å². The number of hydrogen-bond donors (Lipinski definition) is 1. The van der Waals surface area contributed by atoms with E-state index in [2.05, 4.69) is 6.58 Å². The van der Waals surface area contributed by atoms with E-state index < -0.39 is 0 Å². The fourth-order valence-electron chi connectivity index (χ4n) is 0.819. The Hall–Kier alpha value is -1.15. The third kappa shape index (κ3) is 1.65. The average molecular weight is 152 g/mol. The normalized spacial score (nSPS) is 9.64. The first kappa shape index (κ1) is 7.95. The van der Waals surface area contributed by atoms with Crippen molar-refractivity contribution in [3.63, 3.8) is 0 Å². The summed E-state index contributed by atoms with van der Waals surface area (Å²) in [5, 5.41) is 8.62. The second kappa shape index (κ2) is 3.30. The molecule has 0 atom stereocenters. The van der Waals surface area contributed by atoms with Crippen molar-refractivity contribution in [3.05, 3.63) is 41.7 Å². The Kier molecular flexibility index (Phi) is 2.39. The minimum atomic E-state index is -0.384. The molecule has 1 aromatic rings. The molecule has 1 nitrogen and oxygen atoms in total. The molecule has 0 spiro atoms. The van der Waals surface area contributed by atoms with Crippen molar-refractivity contribution in [2.24, 2.45) is 0 Å². The fraction of sp³-hybridized carbons (Fsp3) is 0.111. The van der Waals surface area contributed by atoms with Gasteiger partial charge < -0.3 is 5.11 Å². The lowest BCUT2D eigenvalue weighted by Gasteiger charge is -1.98. The first-order valence-electron chi connectivity index (χ1n) is 3.29. The van der Waals surface area contributed by atoms with Crippen LogP contribution in [0.3, 0.4) is 0 Å². The van der Waals surface area contributed by atoms with Crippen LogP contribution >= 0.6 is 0 Å². The number of aliphatic hydroxyl groups excluding tert-OH is 1. The van der Waals surface area contributed by atoms with E-state index >= 15 is 0 Å². The molecule has 0 aliphatic heterocycles. The summed E-state index contributed by atoms with van der Waals surface area (Å²) in [5.41, 5.74) is 1.04. The summed E-state index contributed by atoms with van der Waals surface area (Å²) in [6.07, 6.45) is 1.56. The molecule has 0 radical (unpaired) electrons. The molecule has 0 bridgehead atoms. The second-order valence-electron chi connectivity index (χ2n) is 2.21. The van der Waals surface area contributed by atoms with Gasteiger partial charge in [0.15, 0.2) is 0 Å². The van der Waals surface area contributed by atoms with Crippen molar-refractivity contribution in [2.45, 2.75) is 6.61 Å². The Morgan fingerprint density at radius 2 is 2.27 bits per heavy atom. The van der Waals surface area contributed by atoms with E-state index in [1.165, 1.54) is 6.07 Å². The van der Waals surface area contributed by atoms with E-state index in [1.807, 2.05) is 0 Å². The van der Waals surface area contributed by atoms with Gasteiger partial charge in [0.25, 0.3) is 0 Å². The van der Waals surface area contributed by atoms with E-state index in [-0.39, 0.29) is 12.4 Å². The molecule has 11 heavy (non-hydrogen) atoms. The van der Waals surface area contributed by atoms with Crippen LogP contribution < -0.4 is 0 Å². The van der Waals surface area contributed by atoms with Gasteiger partial charge in [-0.25, -0.2) is 4.39 Å². The van der Waals surface area contributed by atoms with Crippen LogP contribution in [0, 0.1) is 5.82 Å². The van der Waals surface area contributed by atoms with Gasteiger partial charge in [0.2, 0.25) is 0 Å². The zero-order valence-electron chi connectivity index (χ0n) is 6.05. The van der Waals surface area contributed by atoms with E-state index in [9.17, 15) is 4.39 Å². The average Bonchev–Trinajstić information content (AvgIpc) is 2.04. The summed E-state index contributed by atoms with van der Waals surface area (Å²) in [4.78, 5) is 0. The van der Waals surface area contributed by atoms with Crippen LogP contribution in [0.15, 0.2) is 24.8 Å². The largest absolute Gasteiger partial charge is 0.392 e. The lowest BCUT2D eigenvalue weighted by atomic mass is 10.1. The maximum atomic E-state index is 12.8. The molecular weight excluding hydrogens is 143 g/mol. The van der Waals surface area contributed by atoms with Crippen LogP contribution in [0.25, 0.3) is 6.08 Å². The predicted octanol–water partition coefficient (Wildman–Crippen LogP) is 1.96. The van der Waals surface area contributed by atoms with Crippen LogP contribution in [0.4, 0.5) is 4.39 Å². The molecule has 0 heterocycles. The maximum Gasteiger partial charge on any atom is 0.129 e. The quantitative estimate of drug-likeness (QED) is 0.686. The molecule has 1 rings (SSSR count). The molecule has 0 fully saturated rings. The van der Waals surface area contributed by atoms with Crippen molar-refractivity contribution in [3.8, 4) is 0 Å². The van der Waals surface area contributed by atoms with E-state index in [4.69, 9.17) is 5.11 Å². The molecule has 0 aliphatic carbocycles. The van der Waals surface area contributed by atoms with Crippen molar-refractivity contribution in [1.82, 2.24) is 0 Å². The van der Waals surface area contributed by atoms with Gasteiger partial charge in [-0.15, -0.1) is 0 Å². The topological polar surface area (TPSA) is 20.2 Å². The van der Waals surface area contributed by atoms with Gasteiger partial charge in [0.1, 0.15) is 5.82 Å². The molecular formula is C9H9FO. The molecule has 0 saturated carbocycles. The highest BCUT2D eigenvalue weighted by Gasteiger charge is 1.99. The summed E-state index contributed by atoms with van der Waals surface area (Å²) in [6.45, 7) is 3.24. The lowest BCUT2D eigenvalue weighted by molar-refractivity contribution is 0.275.